The van der Waals surface area contributed by atoms with Crippen molar-refractivity contribution in [3.63, 3.8) is 0 Å². The smallest absolute Gasteiger partial charge is 0.303 e. The molecular formula is H3NdO4P. The van der Waals surface area contributed by atoms with Gasteiger partial charge in [-0.1, -0.05) is 0 Å². The Morgan fingerprint density at radius 3 is 1.17 bits per heavy atom. The summed E-state index contributed by atoms with van der Waals surface area (Å²) in [4.78, 5) is 21.6. The summed E-state index contributed by atoms with van der Waals surface area (Å²) in [6.07, 6.45) is 0. The monoisotopic (exact) mass is 240 g/mol. The van der Waals surface area contributed by atoms with Crippen molar-refractivity contribution < 1.29 is 60.1 Å². The molecule has 0 amide bonds. The van der Waals surface area contributed by atoms with Crippen molar-refractivity contribution in [1.82, 2.24) is 0 Å². The second-order valence-corrected chi connectivity index (χ2v) is 1.54. The second kappa shape index (κ2) is 3.46. The van der Waals surface area contributed by atoms with E-state index in [2.05, 4.69) is 0 Å². The van der Waals surface area contributed by atoms with Gasteiger partial charge >= 0.3 is 7.82 Å². The quantitative estimate of drug-likeness (QED) is 0.480. The van der Waals surface area contributed by atoms with Crippen LogP contribution in [0.2, 0.25) is 0 Å². The zero-order chi connectivity index (χ0) is 4.50. The molecule has 0 aliphatic rings. The predicted octanol–water partition coefficient (Wildman–Crippen LogP) is -0.929. The summed E-state index contributed by atoms with van der Waals surface area (Å²) in [5.74, 6) is 0. The van der Waals surface area contributed by atoms with Gasteiger partial charge in [0.25, 0.3) is 0 Å². The van der Waals surface area contributed by atoms with E-state index in [0.717, 1.165) is 0 Å². The zero-order valence-electron chi connectivity index (χ0n) is 2.70. The molecule has 0 saturated carbocycles. The second-order valence-electron chi connectivity index (χ2n) is 0.513. The van der Waals surface area contributed by atoms with Crippen molar-refractivity contribution in [2.24, 2.45) is 0 Å². The van der Waals surface area contributed by atoms with Crippen LogP contribution in [0.25, 0.3) is 0 Å². The van der Waals surface area contributed by atoms with Gasteiger partial charge in [0, 0.05) is 40.8 Å². The van der Waals surface area contributed by atoms with Crippen LogP contribution in [0, 0.1) is 40.8 Å². The van der Waals surface area contributed by atoms with Gasteiger partial charge in [-0.25, -0.2) is 4.57 Å². The number of hydrogen-bond donors (Lipinski definition) is 3. The topological polar surface area (TPSA) is 77.8 Å². The fourth-order valence-electron chi connectivity index (χ4n) is 0. The van der Waals surface area contributed by atoms with Gasteiger partial charge in [0.05, 0.1) is 0 Å². The van der Waals surface area contributed by atoms with Crippen molar-refractivity contribution in [2.45, 2.75) is 0 Å². The van der Waals surface area contributed by atoms with Gasteiger partial charge in [0.15, 0.2) is 0 Å². The molecule has 0 aromatic carbocycles. The first-order valence-corrected chi connectivity index (χ1v) is 2.35. The molecule has 0 spiro atoms. The Labute approximate surface area is 67.3 Å². The summed E-state index contributed by atoms with van der Waals surface area (Å²) in [5, 5.41) is 0. The summed E-state index contributed by atoms with van der Waals surface area (Å²) in [7, 11) is -4.64. The molecule has 3 N–H and O–H groups in total. The molecule has 0 unspecified atom stereocenters. The Morgan fingerprint density at radius 1 is 1.17 bits per heavy atom. The van der Waals surface area contributed by atoms with Crippen molar-refractivity contribution >= 4 is 7.82 Å². The molecule has 0 aromatic heterocycles. The molecule has 4 nitrogen and oxygen atoms in total. The van der Waals surface area contributed by atoms with E-state index in [4.69, 9.17) is 19.2 Å². The third kappa shape index (κ3) is 50.9. The zero-order valence-corrected chi connectivity index (χ0v) is 6.80. The fourth-order valence-corrected chi connectivity index (χ4v) is 0. The first-order valence-electron chi connectivity index (χ1n) is 0.783. The Morgan fingerprint density at radius 2 is 1.17 bits per heavy atom. The standard InChI is InChI=1S/Nd.H3O4P/c;1-5(2,3)4/h;(H3,1,2,3,4). The molecule has 0 atom stereocenters. The van der Waals surface area contributed by atoms with E-state index in [0.29, 0.717) is 0 Å². The minimum atomic E-state index is -4.64. The maximum absolute atomic E-state index is 8.88. The molecule has 0 aliphatic carbocycles. The van der Waals surface area contributed by atoms with Crippen molar-refractivity contribution in [3.8, 4) is 0 Å². The van der Waals surface area contributed by atoms with Crippen molar-refractivity contribution in [3.05, 3.63) is 0 Å². The van der Waals surface area contributed by atoms with Gasteiger partial charge in [0.1, 0.15) is 0 Å². The Kier molecular flexibility index (Phi) is 6.02. The molecule has 36 valence electrons. The number of hydrogen-bond acceptors (Lipinski definition) is 1. The van der Waals surface area contributed by atoms with Crippen LogP contribution in [0.4, 0.5) is 0 Å². The first-order chi connectivity index (χ1) is 2.00. The van der Waals surface area contributed by atoms with E-state index in [-0.39, 0.29) is 40.8 Å². The first kappa shape index (κ1) is 10.4. The summed E-state index contributed by atoms with van der Waals surface area (Å²) >= 11 is 0. The van der Waals surface area contributed by atoms with E-state index in [1.54, 1.807) is 0 Å². The van der Waals surface area contributed by atoms with E-state index in [1.807, 2.05) is 0 Å². The average molecular weight is 242 g/mol. The number of rotatable bonds is 0. The third-order valence-corrected chi connectivity index (χ3v) is 0. The van der Waals surface area contributed by atoms with Crippen LogP contribution in [0.15, 0.2) is 0 Å². The normalized spacial score (nSPS) is 9.83. The molecule has 0 radical (unpaired) electrons. The Hall–Kier alpha value is 1.46. The van der Waals surface area contributed by atoms with Gasteiger partial charge in [-0.05, 0) is 0 Å². The van der Waals surface area contributed by atoms with E-state index in [1.165, 1.54) is 0 Å². The van der Waals surface area contributed by atoms with Crippen LogP contribution in [0.5, 0.6) is 0 Å². The molecular weight excluding hydrogens is 239 g/mol. The van der Waals surface area contributed by atoms with Gasteiger partial charge in [-0.15, -0.1) is 0 Å². The van der Waals surface area contributed by atoms with Gasteiger partial charge in [-0.2, -0.15) is 0 Å². The fraction of sp³-hybridized carbons (Fsp3) is 0. The van der Waals surface area contributed by atoms with Crippen LogP contribution < -0.4 is 0 Å². The van der Waals surface area contributed by atoms with Crippen LogP contribution in [0.3, 0.4) is 0 Å². The predicted molar refractivity (Wildman–Crippen MR) is 14.3 cm³/mol. The molecule has 0 saturated heterocycles. The Balaban J connectivity index is 0. The van der Waals surface area contributed by atoms with Crippen molar-refractivity contribution in [1.29, 1.82) is 0 Å². The molecule has 6 heavy (non-hydrogen) atoms. The van der Waals surface area contributed by atoms with E-state index >= 15 is 0 Å². The molecule has 0 heterocycles. The molecule has 0 fully saturated rings. The van der Waals surface area contributed by atoms with Gasteiger partial charge in [0.2, 0.25) is 0 Å². The number of phosphoric acid groups is 1. The summed E-state index contributed by atoms with van der Waals surface area (Å²) in [6, 6.07) is 0. The minimum absolute atomic E-state index is 0. The average Bonchev–Trinajstić information content (AvgIpc) is 0.722. The van der Waals surface area contributed by atoms with Gasteiger partial charge in [-0.3, -0.25) is 0 Å². The maximum atomic E-state index is 8.88. The summed E-state index contributed by atoms with van der Waals surface area (Å²) < 4.78 is 8.88. The summed E-state index contributed by atoms with van der Waals surface area (Å²) in [5.41, 5.74) is 0. The molecule has 0 rings (SSSR count). The van der Waals surface area contributed by atoms with E-state index < -0.39 is 7.82 Å². The largest absolute Gasteiger partial charge is 0.466 e. The minimum Gasteiger partial charge on any atom is -0.303 e. The molecule has 0 aromatic rings. The van der Waals surface area contributed by atoms with Crippen LogP contribution >= 0.6 is 7.82 Å². The van der Waals surface area contributed by atoms with Crippen LogP contribution in [-0.2, 0) is 4.57 Å². The van der Waals surface area contributed by atoms with Gasteiger partial charge < -0.3 is 14.7 Å². The Bertz CT molecular complexity index is 53.7. The molecule has 6 heteroatoms. The van der Waals surface area contributed by atoms with E-state index in [9.17, 15) is 0 Å². The summed E-state index contributed by atoms with van der Waals surface area (Å²) in [6.45, 7) is 0. The SMILES string of the molecule is O=P(O)(O)O.[Nd]. The van der Waals surface area contributed by atoms with Crippen LogP contribution in [0.1, 0.15) is 0 Å². The third-order valence-electron chi connectivity index (χ3n) is 0. The maximum Gasteiger partial charge on any atom is 0.466 e. The van der Waals surface area contributed by atoms with Crippen LogP contribution in [-0.4, -0.2) is 14.7 Å². The van der Waals surface area contributed by atoms with Crippen molar-refractivity contribution in [2.75, 3.05) is 0 Å². The molecule has 0 bridgehead atoms. The molecule has 0 aliphatic heterocycles.